The molecule has 4 atom stereocenters. The second-order valence-electron chi connectivity index (χ2n) is 7.01. The Hall–Kier alpha value is -1.10. The van der Waals surface area contributed by atoms with Gasteiger partial charge in [-0.25, -0.2) is 0 Å². The fourth-order valence-electron chi connectivity index (χ4n) is 3.13. The van der Waals surface area contributed by atoms with Gasteiger partial charge in [0.05, 0.1) is 0 Å². The van der Waals surface area contributed by atoms with Crippen molar-refractivity contribution in [3.05, 3.63) is 34.9 Å². The lowest BCUT2D eigenvalue weighted by molar-refractivity contribution is -0.139. The predicted octanol–water partition coefficient (Wildman–Crippen LogP) is 2.61. The van der Waals surface area contributed by atoms with Gasteiger partial charge in [0.25, 0.3) is 0 Å². The molecule has 0 aromatic heterocycles. The van der Waals surface area contributed by atoms with Crippen molar-refractivity contribution < 1.29 is 9.90 Å². The second kappa shape index (κ2) is 5.95. The van der Waals surface area contributed by atoms with Crippen LogP contribution in [-0.4, -0.2) is 29.2 Å². The third-order valence-electron chi connectivity index (χ3n) is 3.96. The summed E-state index contributed by atoms with van der Waals surface area (Å²) in [6, 6.07) is 6.38. The van der Waals surface area contributed by atoms with Gasteiger partial charge < -0.3 is 10.8 Å². The smallest absolute Gasteiger partial charge is 0.321 e. The van der Waals surface area contributed by atoms with Crippen LogP contribution in [0.4, 0.5) is 0 Å². The largest absolute Gasteiger partial charge is 0.480 e. The Bertz CT molecular complexity index is 527. The monoisotopic (exact) mass is 310 g/mol. The van der Waals surface area contributed by atoms with Crippen LogP contribution >= 0.6 is 11.6 Å². The Kier molecular flexibility index (Phi) is 4.61. The maximum absolute atomic E-state index is 11.6. The summed E-state index contributed by atoms with van der Waals surface area (Å²) in [7, 11) is 0. The van der Waals surface area contributed by atoms with Crippen molar-refractivity contribution in [3.63, 3.8) is 0 Å². The highest BCUT2D eigenvalue weighted by atomic mass is 35.5. The van der Waals surface area contributed by atoms with E-state index in [-0.39, 0.29) is 23.4 Å². The SMILES string of the molecule is CC(C)(C)C[C@@H]1N[C@@H](C(=O)O)[C@H](c2cccc(Cl)c2)C1N. The van der Waals surface area contributed by atoms with Crippen LogP contribution in [-0.2, 0) is 4.79 Å². The third kappa shape index (κ3) is 3.76. The number of rotatable bonds is 3. The molecule has 1 aliphatic heterocycles. The van der Waals surface area contributed by atoms with Crippen molar-refractivity contribution in [2.45, 2.75) is 51.2 Å². The standard InChI is InChI=1S/C16H23ClN2O2/c1-16(2,3)8-11-13(18)12(14(19-11)15(20)21)9-5-4-6-10(17)7-9/h4-7,11-14,19H,8,18H2,1-3H3,(H,20,21)/t11-,12+,13?,14+/m0/s1. The van der Waals surface area contributed by atoms with Crippen molar-refractivity contribution >= 4 is 17.6 Å². The summed E-state index contributed by atoms with van der Waals surface area (Å²) in [6.07, 6.45) is 0.828. The first kappa shape index (κ1) is 16.3. The Morgan fingerprint density at radius 1 is 1.43 bits per heavy atom. The number of halogens is 1. The molecule has 0 spiro atoms. The van der Waals surface area contributed by atoms with Gasteiger partial charge in [0.15, 0.2) is 0 Å². The lowest BCUT2D eigenvalue weighted by Crippen LogP contribution is -2.41. The van der Waals surface area contributed by atoms with Crippen LogP contribution in [0.15, 0.2) is 24.3 Å². The minimum absolute atomic E-state index is 0.0184. The first-order valence-corrected chi connectivity index (χ1v) is 7.57. The maximum Gasteiger partial charge on any atom is 0.321 e. The van der Waals surface area contributed by atoms with Gasteiger partial charge in [-0.1, -0.05) is 44.5 Å². The zero-order valence-corrected chi connectivity index (χ0v) is 13.4. The summed E-state index contributed by atoms with van der Waals surface area (Å²) in [5.41, 5.74) is 7.34. The highest BCUT2D eigenvalue weighted by Gasteiger charge is 2.46. The van der Waals surface area contributed by atoms with Crippen molar-refractivity contribution in [1.29, 1.82) is 0 Å². The average molecular weight is 311 g/mol. The molecule has 4 nitrogen and oxygen atoms in total. The number of hydrogen-bond donors (Lipinski definition) is 3. The van der Waals surface area contributed by atoms with E-state index in [2.05, 4.69) is 26.1 Å². The summed E-state index contributed by atoms with van der Waals surface area (Å²) < 4.78 is 0. The molecule has 21 heavy (non-hydrogen) atoms. The normalized spacial score (nSPS) is 29.6. The zero-order valence-electron chi connectivity index (χ0n) is 12.6. The van der Waals surface area contributed by atoms with Gasteiger partial charge in [-0.15, -0.1) is 0 Å². The van der Waals surface area contributed by atoms with E-state index in [1.54, 1.807) is 6.07 Å². The van der Waals surface area contributed by atoms with Gasteiger partial charge >= 0.3 is 5.97 Å². The lowest BCUT2D eigenvalue weighted by Gasteiger charge is -2.27. The van der Waals surface area contributed by atoms with Gasteiger partial charge in [0.1, 0.15) is 6.04 Å². The molecule has 0 radical (unpaired) electrons. The molecule has 1 unspecified atom stereocenters. The van der Waals surface area contributed by atoms with E-state index < -0.39 is 12.0 Å². The molecule has 0 aliphatic carbocycles. The summed E-state index contributed by atoms with van der Waals surface area (Å²) in [4.78, 5) is 11.6. The van der Waals surface area contributed by atoms with Crippen molar-refractivity contribution in [2.24, 2.45) is 11.1 Å². The van der Waals surface area contributed by atoms with Crippen molar-refractivity contribution in [3.8, 4) is 0 Å². The quantitative estimate of drug-likeness (QED) is 0.802. The van der Waals surface area contributed by atoms with Gasteiger partial charge in [0.2, 0.25) is 0 Å². The van der Waals surface area contributed by atoms with E-state index in [9.17, 15) is 9.90 Å². The Labute approximate surface area is 130 Å². The molecular formula is C16H23ClN2O2. The number of carboxylic acid groups (broad SMARTS) is 1. The molecule has 1 aromatic carbocycles. The molecule has 1 saturated heterocycles. The van der Waals surface area contributed by atoms with Crippen LogP contribution in [0.2, 0.25) is 5.02 Å². The number of carbonyl (C=O) groups is 1. The molecule has 0 amide bonds. The molecule has 1 fully saturated rings. The van der Waals surface area contributed by atoms with Crippen LogP contribution in [0.5, 0.6) is 0 Å². The molecule has 1 aromatic rings. The molecule has 1 heterocycles. The zero-order chi connectivity index (χ0) is 15.8. The van der Waals surface area contributed by atoms with E-state index in [4.69, 9.17) is 17.3 Å². The molecule has 5 heteroatoms. The number of nitrogens with two attached hydrogens (primary N) is 1. The Balaban J connectivity index is 2.31. The minimum atomic E-state index is -0.869. The van der Waals surface area contributed by atoms with Crippen LogP contribution in [0.1, 0.15) is 38.7 Å². The highest BCUT2D eigenvalue weighted by Crippen LogP contribution is 2.35. The van der Waals surface area contributed by atoms with Crippen LogP contribution in [0.3, 0.4) is 0 Å². The summed E-state index contributed by atoms with van der Waals surface area (Å²) in [5, 5.41) is 13.3. The van der Waals surface area contributed by atoms with Crippen LogP contribution in [0, 0.1) is 5.41 Å². The highest BCUT2D eigenvalue weighted by molar-refractivity contribution is 6.30. The number of carboxylic acids is 1. The third-order valence-corrected chi connectivity index (χ3v) is 4.20. The Morgan fingerprint density at radius 2 is 2.10 bits per heavy atom. The van der Waals surface area contributed by atoms with Gasteiger partial charge in [-0.05, 0) is 29.5 Å². The summed E-state index contributed by atoms with van der Waals surface area (Å²) >= 11 is 6.03. The van der Waals surface area contributed by atoms with E-state index in [1.165, 1.54) is 0 Å². The van der Waals surface area contributed by atoms with Crippen LogP contribution < -0.4 is 11.1 Å². The molecule has 0 bridgehead atoms. The second-order valence-corrected chi connectivity index (χ2v) is 7.45. The topological polar surface area (TPSA) is 75.3 Å². The van der Waals surface area contributed by atoms with Gasteiger partial charge in [-0.2, -0.15) is 0 Å². The first-order chi connectivity index (χ1) is 9.69. The predicted molar refractivity (Wildman–Crippen MR) is 84.6 cm³/mol. The Morgan fingerprint density at radius 3 is 2.62 bits per heavy atom. The fourth-order valence-corrected chi connectivity index (χ4v) is 3.32. The first-order valence-electron chi connectivity index (χ1n) is 7.19. The number of nitrogens with one attached hydrogen (secondary N) is 1. The molecule has 1 aliphatic rings. The fraction of sp³-hybridized carbons (Fsp3) is 0.562. The minimum Gasteiger partial charge on any atom is -0.480 e. The molecule has 0 saturated carbocycles. The van der Waals surface area contributed by atoms with Crippen molar-refractivity contribution in [2.75, 3.05) is 0 Å². The number of aliphatic carboxylic acids is 1. The van der Waals surface area contributed by atoms with Crippen LogP contribution in [0.25, 0.3) is 0 Å². The summed E-state index contributed by atoms with van der Waals surface area (Å²) in [6.45, 7) is 6.39. The van der Waals surface area contributed by atoms with Gasteiger partial charge in [-0.3, -0.25) is 10.1 Å². The molecular weight excluding hydrogens is 288 g/mol. The molecule has 2 rings (SSSR count). The van der Waals surface area contributed by atoms with E-state index >= 15 is 0 Å². The van der Waals surface area contributed by atoms with E-state index in [0.717, 1.165) is 12.0 Å². The molecule has 116 valence electrons. The van der Waals surface area contributed by atoms with Gasteiger partial charge in [0, 0.05) is 23.0 Å². The van der Waals surface area contributed by atoms with E-state index in [1.807, 2.05) is 18.2 Å². The average Bonchev–Trinajstić information content (AvgIpc) is 2.65. The lowest BCUT2D eigenvalue weighted by atomic mass is 9.82. The van der Waals surface area contributed by atoms with E-state index in [0.29, 0.717) is 5.02 Å². The number of benzene rings is 1. The maximum atomic E-state index is 11.6. The number of hydrogen-bond acceptors (Lipinski definition) is 3. The molecule has 4 N–H and O–H groups in total. The van der Waals surface area contributed by atoms with Crippen molar-refractivity contribution in [1.82, 2.24) is 5.32 Å². The summed E-state index contributed by atoms with van der Waals surface area (Å²) in [5.74, 6) is -1.14.